The van der Waals surface area contributed by atoms with Crippen LogP contribution in [0.5, 0.6) is 0 Å². The Balaban J connectivity index is 1.80. The number of carbonyl (C=O) groups excluding carboxylic acids is 1. The highest BCUT2D eigenvalue weighted by atomic mass is 32.1. The van der Waals surface area contributed by atoms with Gasteiger partial charge in [0.25, 0.3) is 0 Å². The molecule has 0 aromatic carbocycles. The van der Waals surface area contributed by atoms with Crippen LogP contribution >= 0.6 is 11.3 Å². The zero-order chi connectivity index (χ0) is 17.8. The van der Waals surface area contributed by atoms with Gasteiger partial charge in [0.05, 0.1) is 10.6 Å². The summed E-state index contributed by atoms with van der Waals surface area (Å²) in [6.45, 7) is 5.31. The largest absolute Gasteiger partial charge is 0.457 e. The van der Waals surface area contributed by atoms with Crippen molar-refractivity contribution in [1.82, 2.24) is 9.97 Å². The van der Waals surface area contributed by atoms with Gasteiger partial charge in [0.2, 0.25) is 0 Å². The number of aromatic nitrogens is 2. The number of hydrogen-bond acceptors (Lipinski definition) is 6. The van der Waals surface area contributed by atoms with Gasteiger partial charge in [-0.1, -0.05) is 6.07 Å². The Labute approximate surface area is 150 Å². The third kappa shape index (κ3) is 4.42. The lowest BCUT2D eigenvalue weighted by molar-refractivity contribution is -0.145. The Morgan fingerprint density at radius 3 is 2.80 bits per heavy atom. The van der Waals surface area contributed by atoms with Gasteiger partial charge in [-0.3, -0.25) is 4.79 Å². The summed E-state index contributed by atoms with van der Waals surface area (Å²) in [5.74, 6) is 1.22. The molecular formula is C19H19N3O2S. The SMILES string of the molecule is CC(=O)OC(C)c1ccc(-c2cccc(Nc3cc(C)ccn3)n2)s1. The molecule has 0 spiro atoms. The predicted molar refractivity (Wildman–Crippen MR) is 100.0 cm³/mol. The van der Waals surface area contributed by atoms with Gasteiger partial charge in [-0.2, -0.15) is 0 Å². The molecular weight excluding hydrogens is 334 g/mol. The lowest BCUT2D eigenvalue weighted by Gasteiger charge is -2.09. The van der Waals surface area contributed by atoms with E-state index in [1.807, 2.05) is 56.3 Å². The molecule has 0 aliphatic rings. The third-order valence-electron chi connectivity index (χ3n) is 3.54. The maximum Gasteiger partial charge on any atom is 0.303 e. The first kappa shape index (κ1) is 17.1. The van der Waals surface area contributed by atoms with Gasteiger partial charge in [0.15, 0.2) is 0 Å². The van der Waals surface area contributed by atoms with Gasteiger partial charge in [-0.05, 0) is 55.8 Å². The molecule has 0 aliphatic heterocycles. The summed E-state index contributed by atoms with van der Waals surface area (Å²) >= 11 is 1.57. The highest BCUT2D eigenvalue weighted by molar-refractivity contribution is 7.15. The number of anilines is 2. The summed E-state index contributed by atoms with van der Waals surface area (Å²) in [7, 11) is 0. The smallest absolute Gasteiger partial charge is 0.303 e. The van der Waals surface area contributed by atoms with Crippen LogP contribution in [-0.4, -0.2) is 15.9 Å². The first-order chi connectivity index (χ1) is 12.0. The van der Waals surface area contributed by atoms with E-state index in [2.05, 4.69) is 15.3 Å². The van der Waals surface area contributed by atoms with Gasteiger partial charge in [-0.15, -0.1) is 11.3 Å². The fourth-order valence-corrected chi connectivity index (χ4v) is 3.35. The molecule has 0 aliphatic carbocycles. The third-order valence-corrected chi connectivity index (χ3v) is 4.81. The van der Waals surface area contributed by atoms with Crippen molar-refractivity contribution in [3.63, 3.8) is 0 Å². The Morgan fingerprint density at radius 1 is 1.20 bits per heavy atom. The van der Waals surface area contributed by atoms with E-state index >= 15 is 0 Å². The van der Waals surface area contributed by atoms with Crippen LogP contribution in [0.2, 0.25) is 0 Å². The number of rotatable bonds is 5. The van der Waals surface area contributed by atoms with Crippen LogP contribution in [-0.2, 0) is 9.53 Å². The number of hydrogen-bond donors (Lipinski definition) is 1. The number of esters is 1. The highest BCUT2D eigenvalue weighted by Crippen LogP contribution is 2.32. The number of pyridine rings is 2. The molecule has 1 atom stereocenters. The summed E-state index contributed by atoms with van der Waals surface area (Å²) < 4.78 is 5.23. The van der Waals surface area contributed by atoms with Crippen LogP contribution in [0.25, 0.3) is 10.6 Å². The fourth-order valence-electron chi connectivity index (χ4n) is 2.39. The molecule has 3 heterocycles. The molecule has 128 valence electrons. The van der Waals surface area contributed by atoms with Gasteiger partial charge in [0, 0.05) is 18.0 Å². The van der Waals surface area contributed by atoms with Crippen molar-refractivity contribution in [3.8, 4) is 10.6 Å². The van der Waals surface area contributed by atoms with Gasteiger partial charge in [0.1, 0.15) is 17.7 Å². The second-order valence-electron chi connectivity index (χ2n) is 5.71. The van der Waals surface area contributed by atoms with E-state index in [1.54, 1.807) is 17.5 Å². The summed E-state index contributed by atoms with van der Waals surface area (Å²) in [6.07, 6.45) is 1.51. The minimum Gasteiger partial charge on any atom is -0.457 e. The Kier molecular flexibility index (Phi) is 5.09. The quantitative estimate of drug-likeness (QED) is 0.662. The molecule has 3 aromatic heterocycles. The van der Waals surface area contributed by atoms with E-state index < -0.39 is 0 Å². The van der Waals surface area contributed by atoms with Crippen molar-refractivity contribution in [2.45, 2.75) is 26.9 Å². The molecule has 0 saturated heterocycles. The first-order valence-corrected chi connectivity index (χ1v) is 8.77. The van der Waals surface area contributed by atoms with Crippen molar-refractivity contribution in [2.24, 2.45) is 0 Å². The number of thiophene rings is 1. The molecule has 0 radical (unpaired) electrons. The van der Waals surface area contributed by atoms with E-state index in [4.69, 9.17) is 4.74 Å². The van der Waals surface area contributed by atoms with Gasteiger partial charge < -0.3 is 10.1 Å². The summed E-state index contributed by atoms with van der Waals surface area (Å²) in [4.78, 5) is 22.1. The van der Waals surface area contributed by atoms with Crippen molar-refractivity contribution in [3.05, 3.63) is 59.1 Å². The lowest BCUT2D eigenvalue weighted by Crippen LogP contribution is -2.02. The minimum absolute atomic E-state index is 0.256. The molecule has 0 fully saturated rings. The lowest BCUT2D eigenvalue weighted by atomic mass is 10.2. The predicted octanol–water partition coefficient (Wildman–Crippen LogP) is 4.88. The Bertz CT molecular complexity index is 892. The van der Waals surface area contributed by atoms with Crippen LogP contribution in [0.3, 0.4) is 0 Å². The van der Waals surface area contributed by atoms with Crippen LogP contribution in [0.15, 0.2) is 48.7 Å². The average Bonchev–Trinajstić information content (AvgIpc) is 3.05. The maximum atomic E-state index is 11.1. The number of aryl methyl sites for hydroxylation is 1. The molecule has 6 heteroatoms. The molecule has 0 saturated carbocycles. The topological polar surface area (TPSA) is 64.1 Å². The first-order valence-electron chi connectivity index (χ1n) is 7.95. The van der Waals surface area contributed by atoms with E-state index in [1.165, 1.54) is 6.92 Å². The maximum absolute atomic E-state index is 11.1. The molecule has 0 amide bonds. The van der Waals surface area contributed by atoms with Crippen LogP contribution < -0.4 is 5.32 Å². The normalized spacial score (nSPS) is 11.8. The molecule has 0 bridgehead atoms. The van der Waals surface area contributed by atoms with Crippen molar-refractivity contribution in [1.29, 1.82) is 0 Å². The monoisotopic (exact) mass is 353 g/mol. The number of ether oxygens (including phenoxy) is 1. The van der Waals surface area contributed by atoms with Crippen molar-refractivity contribution >= 4 is 28.9 Å². The van der Waals surface area contributed by atoms with E-state index in [0.29, 0.717) is 0 Å². The molecule has 5 nitrogen and oxygen atoms in total. The van der Waals surface area contributed by atoms with Gasteiger partial charge >= 0.3 is 5.97 Å². The Morgan fingerprint density at radius 2 is 2.04 bits per heavy atom. The summed E-state index contributed by atoms with van der Waals surface area (Å²) in [5.41, 5.74) is 2.00. The summed E-state index contributed by atoms with van der Waals surface area (Å²) in [5, 5.41) is 3.22. The van der Waals surface area contributed by atoms with E-state index in [-0.39, 0.29) is 12.1 Å². The molecule has 1 N–H and O–H groups in total. The zero-order valence-electron chi connectivity index (χ0n) is 14.3. The fraction of sp³-hybridized carbons (Fsp3) is 0.211. The number of carbonyl (C=O) groups is 1. The summed E-state index contributed by atoms with van der Waals surface area (Å²) in [6, 6.07) is 13.7. The average molecular weight is 353 g/mol. The number of nitrogens with zero attached hydrogens (tertiary/aromatic N) is 2. The molecule has 3 rings (SSSR count). The minimum atomic E-state index is -0.280. The van der Waals surface area contributed by atoms with Crippen LogP contribution in [0, 0.1) is 6.92 Å². The zero-order valence-corrected chi connectivity index (χ0v) is 15.1. The highest BCUT2D eigenvalue weighted by Gasteiger charge is 2.13. The molecule has 25 heavy (non-hydrogen) atoms. The second-order valence-corrected chi connectivity index (χ2v) is 6.82. The van der Waals surface area contributed by atoms with Crippen LogP contribution in [0.1, 0.15) is 30.4 Å². The van der Waals surface area contributed by atoms with E-state index in [9.17, 15) is 4.79 Å². The van der Waals surface area contributed by atoms with Crippen molar-refractivity contribution in [2.75, 3.05) is 5.32 Å². The Hall–Kier alpha value is -2.73. The van der Waals surface area contributed by atoms with Crippen LogP contribution in [0.4, 0.5) is 11.6 Å². The number of nitrogens with one attached hydrogen (secondary N) is 1. The standard InChI is InChI=1S/C19H19N3O2S/c1-12-9-10-20-19(11-12)22-18-6-4-5-15(21-18)17-8-7-16(25-17)13(2)24-14(3)23/h4-11,13H,1-3H3,(H,20,21,22). The second kappa shape index (κ2) is 7.44. The van der Waals surface area contributed by atoms with E-state index in [0.717, 1.165) is 32.6 Å². The molecule has 3 aromatic rings. The van der Waals surface area contributed by atoms with Crippen molar-refractivity contribution < 1.29 is 9.53 Å². The van der Waals surface area contributed by atoms with Gasteiger partial charge in [-0.25, -0.2) is 9.97 Å². The molecule has 1 unspecified atom stereocenters.